The number of methoxy groups -OCH3 is 1. The molecular formula is C26H34N4OS. The van der Waals surface area contributed by atoms with Gasteiger partial charge in [-0.05, 0) is 61.3 Å². The number of hydrogen-bond acceptors (Lipinski definition) is 6. The van der Waals surface area contributed by atoms with E-state index in [0.717, 1.165) is 30.5 Å². The monoisotopic (exact) mass is 450 g/mol. The van der Waals surface area contributed by atoms with Gasteiger partial charge in [-0.1, -0.05) is 30.7 Å². The van der Waals surface area contributed by atoms with Crippen LogP contribution in [0.5, 0.6) is 5.75 Å². The molecule has 5 nitrogen and oxygen atoms in total. The second-order valence-corrected chi connectivity index (χ2v) is 9.57. The Morgan fingerprint density at radius 2 is 1.69 bits per heavy atom. The summed E-state index contributed by atoms with van der Waals surface area (Å²) in [6.45, 7) is 4.95. The van der Waals surface area contributed by atoms with Crippen LogP contribution >= 0.6 is 11.3 Å². The summed E-state index contributed by atoms with van der Waals surface area (Å²) in [5, 5.41) is 3.31. The van der Waals surface area contributed by atoms with Crippen LogP contribution in [0.15, 0.2) is 53.9 Å². The summed E-state index contributed by atoms with van der Waals surface area (Å²) < 4.78 is 5.45. The summed E-state index contributed by atoms with van der Waals surface area (Å²) >= 11 is 1.75. The molecule has 0 saturated carbocycles. The summed E-state index contributed by atoms with van der Waals surface area (Å²) in [4.78, 5) is 12.1. The molecular weight excluding hydrogens is 416 g/mol. The van der Waals surface area contributed by atoms with Gasteiger partial charge >= 0.3 is 0 Å². The summed E-state index contributed by atoms with van der Waals surface area (Å²) in [7, 11) is 5.89. The summed E-state index contributed by atoms with van der Waals surface area (Å²) in [5.74, 6) is 0.891. The number of hydrogen-bond donors (Lipinski definition) is 0. The maximum atomic E-state index is 5.45. The number of ether oxygens (including phenoxy) is 1. The molecule has 4 rings (SSSR count). The van der Waals surface area contributed by atoms with Crippen LogP contribution in [0.4, 0.5) is 10.8 Å². The Balaban J connectivity index is 1.56. The van der Waals surface area contributed by atoms with Crippen molar-refractivity contribution < 1.29 is 4.74 Å². The predicted octanol–water partition coefficient (Wildman–Crippen LogP) is 5.41. The van der Waals surface area contributed by atoms with E-state index >= 15 is 0 Å². The van der Waals surface area contributed by atoms with E-state index in [4.69, 9.17) is 9.72 Å². The average Bonchev–Trinajstić information content (AvgIpc) is 3.28. The number of piperidine rings is 1. The van der Waals surface area contributed by atoms with Crippen molar-refractivity contribution in [3.05, 3.63) is 70.7 Å². The van der Waals surface area contributed by atoms with Crippen LogP contribution in [0.1, 0.15) is 36.1 Å². The third-order valence-corrected chi connectivity index (χ3v) is 6.90. The topological polar surface area (TPSA) is 31.8 Å². The number of aromatic nitrogens is 1. The third-order valence-electron chi connectivity index (χ3n) is 5.95. The van der Waals surface area contributed by atoms with Crippen LogP contribution in [0.2, 0.25) is 0 Å². The molecule has 2 aromatic carbocycles. The largest absolute Gasteiger partial charge is 0.497 e. The highest BCUT2D eigenvalue weighted by molar-refractivity contribution is 7.13. The molecule has 6 heteroatoms. The molecule has 1 aliphatic heterocycles. The Morgan fingerprint density at radius 1 is 0.969 bits per heavy atom. The minimum atomic E-state index is 0.792. The first kappa shape index (κ1) is 22.6. The fraction of sp³-hybridized carbons (Fsp3) is 0.423. The first-order valence-electron chi connectivity index (χ1n) is 11.4. The lowest BCUT2D eigenvalue weighted by Crippen LogP contribution is -2.29. The molecule has 2 heterocycles. The molecule has 0 radical (unpaired) electrons. The normalized spacial score (nSPS) is 14.3. The molecule has 0 bridgehead atoms. The van der Waals surface area contributed by atoms with Crippen molar-refractivity contribution in [2.45, 2.75) is 38.9 Å². The second-order valence-electron chi connectivity index (χ2n) is 8.73. The highest BCUT2D eigenvalue weighted by Gasteiger charge is 2.16. The predicted molar refractivity (Wildman–Crippen MR) is 135 cm³/mol. The number of likely N-dealkylation sites (tertiary alicyclic amines) is 1. The quantitative estimate of drug-likeness (QED) is 0.435. The Hall–Kier alpha value is -2.57. The van der Waals surface area contributed by atoms with Crippen molar-refractivity contribution in [1.82, 2.24) is 9.88 Å². The molecule has 3 aromatic rings. The van der Waals surface area contributed by atoms with Gasteiger partial charge < -0.3 is 14.5 Å². The van der Waals surface area contributed by atoms with Gasteiger partial charge in [0, 0.05) is 44.8 Å². The SMILES string of the molecule is COc1cccc(CN(Cc2cccc(N(C)C)c2)c2nc(CN3CCCCC3)cs2)c1. The second kappa shape index (κ2) is 10.8. The maximum Gasteiger partial charge on any atom is 0.186 e. The highest BCUT2D eigenvalue weighted by atomic mass is 32.1. The molecule has 0 amide bonds. The molecule has 32 heavy (non-hydrogen) atoms. The van der Waals surface area contributed by atoms with Crippen LogP contribution in [-0.4, -0.2) is 44.2 Å². The number of thiazole rings is 1. The Labute approximate surface area is 196 Å². The standard InChI is InChI=1S/C26H34N4OS/c1-28(2)24-11-7-9-21(15-24)17-30(18-22-10-8-12-25(16-22)31-3)26-27-23(20-32-26)19-29-13-5-4-6-14-29/h7-12,15-16,20H,4-6,13-14,17-19H2,1-3H3. The fourth-order valence-corrected chi connectivity index (χ4v) is 5.01. The van der Waals surface area contributed by atoms with E-state index in [9.17, 15) is 0 Å². The van der Waals surface area contributed by atoms with Gasteiger partial charge in [0.05, 0.1) is 12.8 Å². The van der Waals surface area contributed by atoms with E-state index in [1.807, 2.05) is 6.07 Å². The van der Waals surface area contributed by atoms with Crippen LogP contribution in [0.25, 0.3) is 0 Å². The minimum absolute atomic E-state index is 0.792. The molecule has 1 aliphatic rings. The molecule has 0 spiro atoms. The summed E-state index contributed by atoms with van der Waals surface area (Å²) in [6.07, 6.45) is 3.97. The van der Waals surface area contributed by atoms with Crippen molar-refractivity contribution in [3.8, 4) is 5.75 Å². The Morgan fingerprint density at radius 3 is 2.41 bits per heavy atom. The van der Waals surface area contributed by atoms with Crippen LogP contribution < -0.4 is 14.5 Å². The molecule has 1 saturated heterocycles. The van der Waals surface area contributed by atoms with Gasteiger partial charge in [0.2, 0.25) is 0 Å². The van der Waals surface area contributed by atoms with Crippen LogP contribution in [0, 0.1) is 0 Å². The number of benzene rings is 2. The molecule has 1 fully saturated rings. The first-order chi connectivity index (χ1) is 15.6. The van der Waals surface area contributed by atoms with Crippen molar-refractivity contribution in [2.24, 2.45) is 0 Å². The third kappa shape index (κ3) is 6.02. The van der Waals surface area contributed by atoms with E-state index in [2.05, 4.69) is 76.6 Å². The molecule has 0 unspecified atom stereocenters. The molecule has 0 N–H and O–H groups in total. The van der Waals surface area contributed by atoms with Gasteiger partial charge in [0.15, 0.2) is 5.13 Å². The van der Waals surface area contributed by atoms with Crippen molar-refractivity contribution in [1.29, 1.82) is 0 Å². The minimum Gasteiger partial charge on any atom is -0.497 e. The van der Waals surface area contributed by atoms with Crippen molar-refractivity contribution in [2.75, 3.05) is 44.1 Å². The van der Waals surface area contributed by atoms with E-state index in [1.165, 1.54) is 54.9 Å². The highest BCUT2D eigenvalue weighted by Crippen LogP contribution is 2.27. The van der Waals surface area contributed by atoms with Gasteiger partial charge in [0.1, 0.15) is 5.75 Å². The lowest BCUT2D eigenvalue weighted by molar-refractivity contribution is 0.219. The zero-order chi connectivity index (χ0) is 22.3. The van der Waals surface area contributed by atoms with Crippen molar-refractivity contribution >= 4 is 22.2 Å². The van der Waals surface area contributed by atoms with Gasteiger partial charge in [-0.15, -0.1) is 11.3 Å². The molecule has 1 aromatic heterocycles. The number of anilines is 2. The molecule has 0 atom stereocenters. The zero-order valence-corrected chi connectivity index (χ0v) is 20.3. The smallest absolute Gasteiger partial charge is 0.186 e. The van der Waals surface area contributed by atoms with Gasteiger partial charge in [-0.2, -0.15) is 0 Å². The van der Waals surface area contributed by atoms with E-state index in [0.29, 0.717) is 0 Å². The average molecular weight is 451 g/mol. The number of rotatable bonds is 9. The van der Waals surface area contributed by atoms with Gasteiger partial charge in [-0.3, -0.25) is 4.90 Å². The van der Waals surface area contributed by atoms with E-state index in [-0.39, 0.29) is 0 Å². The van der Waals surface area contributed by atoms with Gasteiger partial charge in [-0.25, -0.2) is 4.98 Å². The molecule has 170 valence electrons. The Bertz CT molecular complexity index is 997. The van der Waals surface area contributed by atoms with Gasteiger partial charge in [0.25, 0.3) is 0 Å². The Kier molecular flexibility index (Phi) is 7.66. The summed E-state index contributed by atoms with van der Waals surface area (Å²) in [6, 6.07) is 17.1. The van der Waals surface area contributed by atoms with Crippen LogP contribution in [0.3, 0.4) is 0 Å². The van der Waals surface area contributed by atoms with Crippen molar-refractivity contribution in [3.63, 3.8) is 0 Å². The van der Waals surface area contributed by atoms with Crippen LogP contribution in [-0.2, 0) is 19.6 Å². The number of nitrogens with zero attached hydrogens (tertiary/aromatic N) is 4. The zero-order valence-electron chi connectivity index (χ0n) is 19.5. The lowest BCUT2D eigenvalue weighted by atomic mass is 10.1. The van der Waals surface area contributed by atoms with E-state index in [1.54, 1.807) is 18.4 Å². The molecule has 0 aliphatic carbocycles. The fourth-order valence-electron chi connectivity index (χ4n) is 4.20. The lowest BCUT2D eigenvalue weighted by Gasteiger charge is -2.25. The first-order valence-corrected chi connectivity index (χ1v) is 12.3. The van der Waals surface area contributed by atoms with E-state index < -0.39 is 0 Å². The summed E-state index contributed by atoms with van der Waals surface area (Å²) in [5.41, 5.74) is 4.91. The maximum absolute atomic E-state index is 5.45.